The quantitative estimate of drug-likeness (QED) is 0.206. The largest absolute Gasteiger partial charge is 0.493 e. The maximum atomic E-state index is 8.96. The van der Waals surface area contributed by atoms with Crippen molar-refractivity contribution in [3.05, 3.63) is 71.8 Å². The van der Waals surface area contributed by atoms with Crippen molar-refractivity contribution in [2.45, 2.75) is 26.4 Å². The molecule has 3 aromatic carbocycles. The number of nitrogens with one attached hydrogen (secondary N) is 2. The smallest absolute Gasteiger partial charge is 0.192 e. The van der Waals surface area contributed by atoms with Crippen LogP contribution in [0.5, 0.6) is 11.5 Å². The van der Waals surface area contributed by atoms with Crippen LogP contribution in [0, 0.1) is 0 Å². The molecule has 0 saturated heterocycles. The zero-order chi connectivity index (χ0) is 22.1. The van der Waals surface area contributed by atoms with Crippen molar-refractivity contribution in [3.8, 4) is 11.5 Å². The highest BCUT2D eigenvalue weighted by molar-refractivity contribution is 14.0. The number of aliphatic hydroxyl groups excluding tert-OH is 1. The number of aliphatic imine (C=N–C) groups is 1. The van der Waals surface area contributed by atoms with Gasteiger partial charge in [-0.1, -0.05) is 48.5 Å². The van der Waals surface area contributed by atoms with E-state index in [4.69, 9.17) is 19.6 Å². The number of rotatable bonds is 9. The normalized spacial score (nSPS) is 12.1. The van der Waals surface area contributed by atoms with E-state index >= 15 is 0 Å². The van der Waals surface area contributed by atoms with Crippen LogP contribution in [0.4, 0.5) is 0 Å². The Hall–Kier alpha value is -2.52. The van der Waals surface area contributed by atoms with Crippen molar-refractivity contribution in [1.82, 2.24) is 10.6 Å². The van der Waals surface area contributed by atoms with Gasteiger partial charge in [-0.15, -0.1) is 24.0 Å². The van der Waals surface area contributed by atoms with Crippen molar-refractivity contribution in [2.75, 3.05) is 26.9 Å². The number of guanidine groups is 1. The first-order valence-electron chi connectivity index (χ1n) is 10.6. The van der Waals surface area contributed by atoms with E-state index in [1.54, 1.807) is 7.11 Å². The molecule has 1 atom stereocenters. The maximum absolute atomic E-state index is 8.96. The molecule has 3 N–H and O–H groups in total. The fourth-order valence-corrected chi connectivity index (χ4v) is 3.49. The second-order valence-corrected chi connectivity index (χ2v) is 7.19. The lowest BCUT2D eigenvalue weighted by molar-refractivity contribution is 0.196. The second kappa shape index (κ2) is 13.1. The van der Waals surface area contributed by atoms with Crippen LogP contribution in [0.25, 0.3) is 10.8 Å². The minimum atomic E-state index is -0.0399. The summed E-state index contributed by atoms with van der Waals surface area (Å²) in [5.74, 6) is 1.99. The summed E-state index contributed by atoms with van der Waals surface area (Å²) in [5, 5.41) is 18.3. The molecule has 0 aromatic heterocycles. The third-order valence-corrected chi connectivity index (χ3v) is 4.98. The molecular weight excluding hydrogens is 517 g/mol. The number of hydrogen-bond donors (Lipinski definition) is 3. The van der Waals surface area contributed by atoms with Crippen LogP contribution >= 0.6 is 24.0 Å². The van der Waals surface area contributed by atoms with Gasteiger partial charge in [-0.3, -0.25) is 0 Å². The van der Waals surface area contributed by atoms with Gasteiger partial charge in [-0.05, 0) is 47.9 Å². The van der Waals surface area contributed by atoms with E-state index in [-0.39, 0.29) is 43.2 Å². The summed E-state index contributed by atoms with van der Waals surface area (Å²) in [6, 6.07) is 20.6. The number of halogens is 1. The minimum absolute atomic E-state index is 0. The predicted molar refractivity (Wildman–Crippen MR) is 141 cm³/mol. The monoisotopic (exact) mass is 549 g/mol. The van der Waals surface area contributed by atoms with Gasteiger partial charge in [0.15, 0.2) is 17.5 Å². The SMILES string of the molecule is CCNC(=NCc1ccc(OCCO)c(OC)c1)NC(C)c1cccc2ccccc12.I. The van der Waals surface area contributed by atoms with Crippen molar-refractivity contribution in [3.63, 3.8) is 0 Å². The van der Waals surface area contributed by atoms with E-state index < -0.39 is 0 Å². The van der Waals surface area contributed by atoms with Gasteiger partial charge in [0.05, 0.1) is 26.3 Å². The second-order valence-electron chi connectivity index (χ2n) is 7.19. The van der Waals surface area contributed by atoms with Gasteiger partial charge < -0.3 is 25.2 Å². The first-order valence-corrected chi connectivity index (χ1v) is 10.6. The van der Waals surface area contributed by atoms with Crippen LogP contribution in [0.1, 0.15) is 31.0 Å². The van der Waals surface area contributed by atoms with Gasteiger partial charge in [-0.2, -0.15) is 0 Å². The summed E-state index contributed by atoms with van der Waals surface area (Å²) < 4.78 is 10.9. The van der Waals surface area contributed by atoms with E-state index in [9.17, 15) is 0 Å². The zero-order valence-electron chi connectivity index (χ0n) is 18.8. The van der Waals surface area contributed by atoms with Gasteiger partial charge in [0.25, 0.3) is 0 Å². The van der Waals surface area contributed by atoms with Gasteiger partial charge in [0.2, 0.25) is 0 Å². The Bertz CT molecular complexity index is 1020. The third kappa shape index (κ3) is 6.74. The Morgan fingerprint density at radius 2 is 1.84 bits per heavy atom. The lowest BCUT2D eigenvalue weighted by Gasteiger charge is -2.20. The fourth-order valence-electron chi connectivity index (χ4n) is 3.49. The molecule has 0 fully saturated rings. The molecule has 32 heavy (non-hydrogen) atoms. The van der Waals surface area contributed by atoms with E-state index in [2.05, 4.69) is 66.9 Å². The summed E-state index contributed by atoms with van der Waals surface area (Å²) in [6.07, 6.45) is 0. The van der Waals surface area contributed by atoms with Crippen LogP contribution in [0.3, 0.4) is 0 Å². The molecule has 172 valence electrons. The van der Waals surface area contributed by atoms with Crippen molar-refractivity contribution >= 4 is 40.7 Å². The molecule has 0 aliphatic heterocycles. The molecule has 6 nitrogen and oxygen atoms in total. The van der Waals surface area contributed by atoms with E-state index in [1.165, 1.54) is 16.3 Å². The zero-order valence-corrected chi connectivity index (χ0v) is 21.1. The van der Waals surface area contributed by atoms with Crippen LogP contribution in [-0.2, 0) is 6.54 Å². The highest BCUT2D eigenvalue weighted by Crippen LogP contribution is 2.28. The van der Waals surface area contributed by atoms with Crippen LogP contribution in [-0.4, -0.2) is 37.9 Å². The predicted octanol–water partition coefficient (Wildman–Crippen LogP) is 4.65. The molecule has 1 unspecified atom stereocenters. The highest BCUT2D eigenvalue weighted by atomic mass is 127. The average Bonchev–Trinajstić information content (AvgIpc) is 2.81. The Morgan fingerprint density at radius 1 is 1.06 bits per heavy atom. The molecule has 0 heterocycles. The third-order valence-electron chi connectivity index (χ3n) is 4.98. The van der Waals surface area contributed by atoms with Gasteiger partial charge in [0, 0.05) is 6.54 Å². The summed E-state index contributed by atoms with van der Waals surface area (Å²) in [4.78, 5) is 4.75. The molecular formula is C25H32IN3O3. The number of aliphatic hydroxyl groups is 1. The van der Waals surface area contributed by atoms with Crippen LogP contribution < -0.4 is 20.1 Å². The summed E-state index contributed by atoms with van der Waals surface area (Å²) in [6.45, 7) is 5.65. The number of methoxy groups -OCH3 is 1. The van der Waals surface area contributed by atoms with Crippen molar-refractivity contribution in [2.24, 2.45) is 4.99 Å². The summed E-state index contributed by atoms with van der Waals surface area (Å²) in [5.41, 5.74) is 2.24. The minimum Gasteiger partial charge on any atom is -0.493 e. The highest BCUT2D eigenvalue weighted by Gasteiger charge is 2.11. The molecule has 0 aliphatic carbocycles. The molecule has 0 spiro atoms. The van der Waals surface area contributed by atoms with E-state index in [0.717, 1.165) is 18.1 Å². The number of benzene rings is 3. The number of fused-ring (bicyclic) bond motifs is 1. The number of hydrogen-bond acceptors (Lipinski definition) is 4. The molecule has 0 amide bonds. The van der Waals surface area contributed by atoms with Crippen LogP contribution in [0.15, 0.2) is 65.7 Å². The van der Waals surface area contributed by atoms with Crippen LogP contribution in [0.2, 0.25) is 0 Å². The van der Waals surface area contributed by atoms with Gasteiger partial charge in [-0.25, -0.2) is 4.99 Å². The van der Waals surface area contributed by atoms with Gasteiger partial charge in [0.1, 0.15) is 6.61 Å². The Labute approximate surface area is 207 Å². The first kappa shape index (κ1) is 25.7. The molecule has 3 aromatic rings. The Kier molecular flexibility index (Phi) is 10.6. The molecule has 3 rings (SSSR count). The summed E-state index contributed by atoms with van der Waals surface area (Å²) >= 11 is 0. The Morgan fingerprint density at radius 3 is 2.59 bits per heavy atom. The lowest BCUT2D eigenvalue weighted by atomic mass is 10.00. The van der Waals surface area contributed by atoms with E-state index in [1.807, 2.05) is 18.2 Å². The van der Waals surface area contributed by atoms with E-state index in [0.29, 0.717) is 18.0 Å². The van der Waals surface area contributed by atoms with Crippen molar-refractivity contribution < 1.29 is 14.6 Å². The van der Waals surface area contributed by atoms with Gasteiger partial charge >= 0.3 is 0 Å². The number of ether oxygens (including phenoxy) is 2. The maximum Gasteiger partial charge on any atom is 0.192 e. The molecule has 0 radical (unpaired) electrons. The molecule has 0 saturated carbocycles. The average molecular weight is 549 g/mol. The Balaban J connectivity index is 0.00000363. The summed E-state index contributed by atoms with van der Waals surface area (Å²) in [7, 11) is 1.60. The molecule has 0 aliphatic rings. The topological polar surface area (TPSA) is 75.1 Å². The molecule has 7 heteroatoms. The lowest BCUT2D eigenvalue weighted by Crippen LogP contribution is -2.38. The standard InChI is InChI=1S/C25H31N3O3.HI/c1-4-26-25(27-17-19-12-13-23(31-15-14-29)24(16-19)30-3)28-18(2)21-11-7-9-20-8-5-6-10-22(20)21;/h5-13,16,18,29H,4,14-15,17H2,1-3H3,(H2,26,27,28);1H. The molecule has 0 bridgehead atoms. The first-order chi connectivity index (χ1) is 15.2. The number of nitrogens with zero attached hydrogens (tertiary/aromatic N) is 1. The van der Waals surface area contributed by atoms with Crippen molar-refractivity contribution in [1.29, 1.82) is 0 Å². The fraction of sp³-hybridized carbons (Fsp3) is 0.320.